The molecule has 0 aliphatic heterocycles. The van der Waals surface area contributed by atoms with E-state index < -0.39 is 10.0 Å². The smallest absolute Gasteiger partial charge is 0.319 e. The molecule has 0 spiro atoms. The van der Waals surface area contributed by atoms with Gasteiger partial charge in [0.25, 0.3) is 0 Å². The van der Waals surface area contributed by atoms with Crippen LogP contribution < -0.4 is 15.4 Å². The van der Waals surface area contributed by atoms with Gasteiger partial charge in [-0.05, 0) is 50.6 Å². The minimum atomic E-state index is -3.58. The standard InChI is InChI=1S/C17H21N3O4S/c1-11-6-7-12(10-16(11)25(22,23)18-2)19-17(21)20-14-4-3-5-15-13(14)8-9-24-15/h6-10,14,18H,3-5H2,1-2H3,(H2,19,20,21). The number of hydrogen-bond acceptors (Lipinski definition) is 4. The molecule has 2 aromatic rings. The number of rotatable bonds is 4. The van der Waals surface area contributed by atoms with Crippen LogP contribution in [0.2, 0.25) is 0 Å². The fourth-order valence-corrected chi connectivity index (χ4v) is 4.03. The zero-order valence-corrected chi connectivity index (χ0v) is 14.9. The van der Waals surface area contributed by atoms with E-state index in [1.54, 1.807) is 25.3 Å². The number of aryl methyl sites for hydroxylation is 2. The van der Waals surface area contributed by atoms with Crippen LogP contribution >= 0.6 is 0 Å². The summed E-state index contributed by atoms with van der Waals surface area (Å²) in [5.41, 5.74) is 2.03. The van der Waals surface area contributed by atoms with Gasteiger partial charge in [0, 0.05) is 17.7 Å². The summed E-state index contributed by atoms with van der Waals surface area (Å²) in [5, 5.41) is 5.62. The number of carbonyl (C=O) groups is 1. The number of nitrogens with one attached hydrogen (secondary N) is 3. The molecule has 0 fully saturated rings. The lowest BCUT2D eigenvalue weighted by atomic mass is 9.93. The highest BCUT2D eigenvalue weighted by molar-refractivity contribution is 7.89. The van der Waals surface area contributed by atoms with Crippen molar-refractivity contribution in [1.82, 2.24) is 10.0 Å². The largest absolute Gasteiger partial charge is 0.469 e. The maximum absolute atomic E-state index is 12.3. The Morgan fingerprint density at radius 1 is 1.28 bits per heavy atom. The first-order valence-electron chi connectivity index (χ1n) is 8.08. The number of furan rings is 1. The zero-order valence-electron chi connectivity index (χ0n) is 14.1. The van der Waals surface area contributed by atoms with Crippen molar-refractivity contribution in [3.8, 4) is 0 Å². The molecule has 0 saturated heterocycles. The summed E-state index contributed by atoms with van der Waals surface area (Å²) in [5.74, 6) is 0.911. The number of anilines is 1. The van der Waals surface area contributed by atoms with Crippen LogP contribution in [-0.4, -0.2) is 21.5 Å². The fraction of sp³-hybridized carbons (Fsp3) is 0.353. The third-order valence-corrected chi connectivity index (χ3v) is 5.92. The molecule has 8 heteroatoms. The summed E-state index contributed by atoms with van der Waals surface area (Å²) in [4.78, 5) is 12.5. The Morgan fingerprint density at radius 3 is 2.84 bits per heavy atom. The monoisotopic (exact) mass is 363 g/mol. The number of fused-ring (bicyclic) bond motifs is 1. The van der Waals surface area contributed by atoms with Crippen molar-refractivity contribution in [2.24, 2.45) is 0 Å². The van der Waals surface area contributed by atoms with Gasteiger partial charge in [0.1, 0.15) is 5.76 Å². The van der Waals surface area contributed by atoms with E-state index in [4.69, 9.17) is 4.42 Å². The molecular formula is C17H21N3O4S. The van der Waals surface area contributed by atoms with E-state index in [0.29, 0.717) is 11.3 Å². The summed E-state index contributed by atoms with van der Waals surface area (Å²) >= 11 is 0. The maximum atomic E-state index is 12.3. The van der Waals surface area contributed by atoms with Crippen LogP contribution in [0, 0.1) is 6.92 Å². The summed E-state index contributed by atoms with van der Waals surface area (Å²) < 4.78 is 31.8. The highest BCUT2D eigenvalue weighted by atomic mass is 32.2. The van der Waals surface area contributed by atoms with Crippen LogP contribution in [0.5, 0.6) is 0 Å². The van der Waals surface area contributed by atoms with Gasteiger partial charge in [-0.15, -0.1) is 0 Å². The van der Waals surface area contributed by atoms with Gasteiger partial charge >= 0.3 is 6.03 Å². The highest BCUT2D eigenvalue weighted by Gasteiger charge is 2.24. The van der Waals surface area contributed by atoms with Crippen LogP contribution in [0.4, 0.5) is 10.5 Å². The van der Waals surface area contributed by atoms with Crippen LogP contribution in [-0.2, 0) is 16.4 Å². The number of benzene rings is 1. The Morgan fingerprint density at radius 2 is 2.08 bits per heavy atom. The van der Waals surface area contributed by atoms with Crippen molar-refractivity contribution < 1.29 is 17.6 Å². The predicted octanol–water partition coefficient (Wildman–Crippen LogP) is 2.70. The van der Waals surface area contributed by atoms with E-state index >= 15 is 0 Å². The molecular weight excluding hydrogens is 342 g/mol. The SMILES string of the molecule is CNS(=O)(=O)c1cc(NC(=O)NC2CCCc3occc32)ccc1C. The average molecular weight is 363 g/mol. The Kier molecular flexibility index (Phi) is 4.82. The summed E-state index contributed by atoms with van der Waals surface area (Å²) in [6, 6.07) is 6.18. The summed E-state index contributed by atoms with van der Waals surface area (Å²) in [7, 11) is -2.23. The molecule has 2 amide bonds. The lowest BCUT2D eigenvalue weighted by Crippen LogP contribution is -2.34. The number of carbonyl (C=O) groups excluding carboxylic acids is 1. The molecule has 1 heterocycles. The first-order valence-corrected chi connectivity index (χ1v) is 9.57. The fourth-order valence-electron chi connectivity index (χ4n) is 3.04. The van der Waals surface area contributed by atoms with Crippen molar-refractivity contribution in [2.75, 3.05) is 12.4 Å². The van der Waals surface area contributed by atoms with Gasteiger partial charge in [0.2, 0.25) is 10.0 Å². The molecule has 1 aliphatic rings. The van der Waals surface area contributed by atoms with E-state index in [9.17, 15) is 13.2 Å². The van der Waals surface area contributed by atoms with Gasteiger partial charge in [-0.2, -0.15) is 0 Å². The van der Waals surface area contributed by atoms with Gasteiger partial charge in [0.15, 0.2) is 0 Å². The molecule has 1 aliphatic carbocycles. The van der Waals surface area contributed by atoms with Crippen LogP contribution in [0.3, 0.4) is 0 Å². The quantitative estimate of drug-likeness (QED) is 0.777. The third-order valence-electron chi connectivity index (χ3n) is 4.36. The molecule has 1 atom stereocenters. The number of amides is 2. The Hall–Kier alpha value is -2.32. The topological polar surface area (TPSA) is 100 Å². The molecule has 1 aromatic carbocycles. The van der Waals surface area contributed by atoms with E-state index in [0.717, 1.165) is 30.6 Å². The van der Waals surface area contributed by atoms with Gasteiger partial charge in [-0.25, -0.2) is 17.9 Å². The van der Waals surface area contributed by atoms with Gasteiger partial charge in [0.05, 0.1) is 17.2 Å². The van der Waals surface area contributed by atoms with Gasteiger partial charge < -0.3 is 15.1 Å². The zero-order chi connectivity index (χ0) is 18.0. The molecule has 1 aromatic heterocycles. The first kappa shape index (κ1) is 17.5. The predicted molar refractivity (Wildman–Crippen MR) is 94.0 cm³/mol. The van der Waals surface area contributed by atoms with Gasteiger partial charge in [-0.3, -0.25) is 0 Å². The molecule has 25 heavy (non-hydrogen) atoms. The molecule has 0 radical (unpaired) electrons. The van der Waals surface area contributed by atoms with Crippen LogP contribution in [0.15, 0.2) is 39.8 Å². The summed E-state index contributed by atoms with van der Waals surface area (Å²) in [6.07, 6.45) is 4.30. The highest BCUT2D eigenvalue weighted by Crippen LogP contribution is 2.30. The van der Waals surface area contributed by atoms with Crippen molar-refractivity contribution in [2.45, 2.75) is 37.1 Å². The van der Waals surface area contributed by atoms with Crippen molar-refractivity contribution in [3.05, 3.63) is 47.4 Å². The van der Waals surface area contributed by atoms with Gasteiger partial charge in [-0.1, -0.05) is 6.07 Å². The molecule has 1 unspecified atom stereocenters. The second-order valence-corrected chi connectivity index (χ2v) is 7.89. The van der Waals surface area contributed by atoms with Crippen molar-refractivity contribution in [3.63, 3.8) is 0 Å². The Labute approximate surface area is 146 Å². The van der Waals surface area contributed by atoms with Crippen LogP contribution in [0.1, 0.15) is 35.8 Å². The normalized spacial score (nSPS) is 17.0. The molecule has 3 rings (SSSR count). The Bertz CT molecular complexity index is 889. The Balaban J connectivity index is 1.73. The number of sulfonamides is 1. The van der Waals surface area contributed by atoms with Crippen LogP contribution in [0.25, 0.3) is 0 Å². The maximum Gasteiger partial charge on any atom is 0.319 e. The summed E-state index contributed by atoms with van der Waals surface area (Å²) in [6.45, 7) is 1.70. The molecule has 3 N–H and O–H groups in total. The molecule has 0 bridgehead atoms. The lowest BCUT2D eigenvalue weighted by molar-refractivity contribution is 0.246. The van der Waals surface area contributed by atoms with Crippen molar-refractivity contribution >= 4 is 21.7 Å². The second-order valence-electron chi connectivity index (χ2n) is 6.03. The molecule has 134 valence electrons. The minimum Gasteiger partial charge on any atom is -0.469 e. The second kappa shape index (κ2) is 6.89. The van der Waals surface area contributed by atoms with E-state index in [1.807, 2.05) is 6.07 Å². The lowest BCUT2D eigenvalue weighted by Gasteiger charge is -2.23. The number of urea groups is 1. The van der Waals surface area contributed by atoms with E-state index in [2.05, 4.69) is 15.4 Å². The third kappa shape index (κ3) is 3.69. The first-order chi connectivity index (χ1) is 11.9. The average Bonchev–Trinajstić information content (AvgIpc) is 3.06. The minimum absolute atomic E-state index is 0.103. The van der Waals surface area contributed by atoms with E-state index in [-0.39, 0.29) is 17.0 Å². The molecule has 7 nitrogen and oxygen atoms in total. The molecule has 0 saturated carbocycles. The number of hydrogen-bond donors (Lipinski definition) is 3. The van der Waals surface area contributed by atoms with Crippen molar-refractivity contribution in [1.29, 1.82) is 0 Å². The van der Waals surface area contributed by atoms with E-state index in [1.165, 1.54) is 13.1 Å².